The molecule has 0 aromatic carbocycles. The Morgan fingerprint density at radius 1 is 1.58 bits per heavy atom. The molecule has 1 fully saturated rings. The van der Waals surface area contributed by atoms with E-state index in [1.54, 1.807) is 13.0 Å². The molecule has 0 bridgehead atoms. The first-order valence-corrected chi connectivity index (χ1v) is 6.69. The van der Waals surface area contributed by atoms with Crippen LogP contribution in [0.4, 0.5) is 0 Å². The standard InChI is InChI=1S/C14H21N3O2/c1-9-6-12(13(14(15)18)10(2)17-9)19-8-11-4-3-5-16-7-11/h6,11,16H,3-5,7-8H2,1-2H3,(H2,15,18). The molecule has 1 aromatic heterocycles. The lowest BCUT2D eigenvalue weighted by molar-refractivity contribution is 0.0993. The molecule has 19 heavy (non-hydrogen) atoms. The molecular formula is C14H21N3O2. The third-order valence-corrected chi connectivity index (χ3v) is 3.41. The minimum atomic E-state index is -0.484. The number of amides is 1. The van der Waals surface area contributed by atoms with Gasteiger partial charge in [0.15, 0.2) is 0 Å². The van der Waals surface area contributed by atoms with Crippen molar-refractivity contribution in [3.63, 3.8) is 0 Å². The van der Waals surface area contributed by atoms with Crippen LogP contribution in [0.5, 0.6) is 5.75 Å². The first-order valence-electron chi connectivity index (χ1n) is 6.69. The summed E-state index contributed by atoms with van der Waals surface area (Å²) in [6, 6.07) is 1.78. The number of carbonyl (C=O) groups is 1. The molecule has 0 radical (unpaired) electrons. The zero-order chi connectivity index (χ0) is 13.8. The summed E-state index contributed by atoms with van der Waals surface area (Å²) in [7, 11) is 0. The van der Waals surface area contributed by atoms with Crippen LogP contribution < -0.4 is 15.8 Å². The van der Waals surface area contributed by atoms with Gasteiger partial charge in [0, 0.05) is 24.2 Å². The predicted octanol–water partition coefficient (Wildman–Crippen LogP) is 1.18. The average molecular weight is 263 g/mol. The van der Waals surface area contributed by atoms with Crippen LogP contribution in [0, 0.1) is 19.8 Å². The molecule has 1 atom stereocenters. The molecule has 1 aromatic rings. The number of nitrogens with one attached hydrogen (secondary N) is 1. The van der Waals surface area contributed by atoms with Crippen molar-refractivity contribution in [1.29, 1.82) is 0 Å². The van der Waals surface area contributed by atoms with Gasteiger partial charge in [-0.15, -0.1) is 0 Å². The van der Waals surface area contributed by atoms with Gasteiger partial charge >= 0.3 is 0 Å². The van der Waals surface area contributed by atoms with E-state index in [4.69, 9.17) is 10.5 Å². The number of rotatable bonds is 4. The molecule has 5 nitrogen and oxygen atoms in total. The van der Waals surface area contributed by atoms with Crippen LogP contribution in [-0.2, 0) is 0 Å². The number of carbonyl (C=O) groups excluding carboxylic acids is 1. The van der Waals surface area contributed by atoms with E-state index in [-0.39, 0.29) is 0 Å². The molecule has 0 spiro atoms. The molecule has 3 N–H and O–H groups in total. The summed E-state index contributed by atoms with van der Waals surface area (Å²) in [5.41, 5.74) is 7.26. The molecule has 1 aliphatic rings. The zero-order valence-corrected chi connectivity index (χ0v) is 11.5. The van der Waals surface area contributed by atoms with Crippen molar-refractivity contribution in [2.24, 2.45) is 11.7 Å². The zero-order valence-electron chi connectivity index (χ0n) is 11.5. The van der Waals surface area contributed by atoms with Crippen molar-refractivity contribution in [2.45, 2.75) is 26.7 Å². The van der Waals surface area contributed by atoms with Crippen molar-refractivity contribution in [1.82, 2.24) is 10.3 Å². The lowest BCUT2D eigenvalue weighted by Crippen LogP contribution is -2.33. The molecule has 0 saturated carbocycles. The van der Waals surface area contributed by atoms with Gasteiger partial charge in [0.05, 0.1) is 12.3 Å². The second kappa shape index (κ2) is 6.02. The molecule has 1 saturated heterocycles. The molecule has 0 aliphatic carbocycles. The summed E-state index contributed by atoms with van der Waals surface area (Å²) in [6.07, 6.45) is 2.33. The summed E-state index contributed by atoms with van der Waals surface area (Å²) < 4.78 is 5.82. The summed E-state index contributed by atoms with van der Waals surface area (Å²) in [6.45, 7) is 6.32. The Labute approximate surface area is 113 Å². The Morgan fingerprint density at radius 2 is 2.37 bits per heavy atom. The van der Waals surface area contributed by atoms with E-state index < -0.39 is 5.91 Å². The smallest absolute Gasteiger partial charge is 0.254 e. The molecule has 1 aliphatic heterocycles. The molecule has 2 heterocycles. The van der Waals surface area contributed by atoms with Crippen LogP contribution in [0.15, 0.2) is 6.07 Å². The van der Waals surface area contributed by atoms with Gasteiger partial charge in [-0.25, -0.2) is 0 Å². The topological polar surface area (TPSA) is 77.2 Å². The number of nitrogens with zero attached hydrogens (tertiary/aromatic N) is 1. The molecular weight excluding hydrogens is 242 g/mol. The summed E-state index contributed by atoms with van der Waals surface area (Å²) in [4.78, 5) is 15.8. The first kappa shape index (κ1) is 13.8. The van der Waals surface area contributed by atoms with E-state index >= 15 is 0 Å². The number of piperidine rings is 1. The molecule has 104 valence electrons. The van der Waals surface area contributed by atoms with Crippen LogP contribution in [0.25, 0.3) is 0 Å². The Morgan fingerprint density at radius 3 is 3.00 bits per heavy atom. The molecule has 1 unspecified atom stereocenters. The van der Waals surface area contributed by atoms with Crippen LogP contribution in [0.1, 0.15) is 34.6 Å². The van der Waals surface area contributed by atoms with Gasteiger partial charge in [0.25, 0.3) is 5.91 Å². The summed E-state index contributed by atoms with van der Waals surface area (Å²) in [5, 5.41) is 3.35. The highest BCUT2D eigenvalue weighted by Crippen LogP contribution is 2.23. The van der Waals surface area contributed by atoms with Crippen LogP contribution in [0.3, 0.4) is 0 Å². The van der Waals surface area contributed by atoms with E-state index in [1.165, 1.54) is 6.42 Å². The monoisotopic (exact) mass is 263 g/mol. The van der Waals surface area contributed by atoms with Gasteiger partial charge in [-0.2, -0.15) is 0 Å². The third kappa shape index (κ3) is 3.44. The fraction of sp³-hybridized carbons (Fsp3) is 0.571. The normalized spacial score (nSPS) is 19.2. The maximum Gasteiger partial charge on any atom is 0.254 e. The molecule has 5 heteroatoms. The Kier molecular flexibility index (Phi) is 4.37. The Bertz CT molecular complexity index is 468. The van der Waals surface area contributed by atoms with Crippen molar-refractivity contribution < 1.29 is 9.53 Å². The number of primary amides is 1. The lowest BCUT2D eigenvalue weighted by Gasteiger charge is -2.23. The fourth-order valence-corrected chi connectivity index (χ4v) is 2.48. The number of aryl methyl sites for hydroxylation is 2. The van der Waals surface area contributed by atoms with E-state index in [0.29, 0.717) is 29.5 Å². The van der Waals surface area contributed by atoms with Gasteiger partial charge < -0.3 is 15.8 Å². The number of hydrogen-bond donors (Lipinski definition) is 2. The highest BCUT2D eigenvalue weighted by molar-refractivity contribution is 5.96. The van der Waals surface area contributed by atoms with E-state index in [9.17, 15) is 4.79 Å². The van der Waals surface area contributed by atoms with Gasteiger partial charge in [0.2, 0.25) is 0 Å². The van der Waals surface area contributed by atoms with Crippen molar-refractivity contribution >= 4 is 5.91 Å². The Balaban J connectivity index is 2.12. The quantitative estimate of drug-likeness (QED) is 0.855. The fourth-order valence-electron chi connectivity index (χ4n) is 2.48. The Hall–Kier alpha value is -1.62. The maximum atomic E-state index is 11.5. The number of aromatic nitrogens is 1. The molecule has 2 rings (SSSR count). The summed E-state index contributed by atoms with van der Waals surface area (Å²) in [5.74, 6) is 0.563. The second-order valence-electron chi connectivity index (χ2n) is 5.11. The third-order valence-electron chi connectivity index (χ3n) is 3.41. The SMILES string of the molecule is Cc1cc(OCC2CCCNC2)c(C(N)=O)c(C)n1. The maximum absolute atomic E-state index is 11.5. The van der Waals surface area contributed by atoms with Gasteiger partial charge in [-0.05, 0) is 33.2 Å². The van der Waals surface area contributed by atoms with Gasteiger partial charge in [-0.1, -0.05) is 0 Å². The largest absolute Gasteiger partial charge is 0.492 e. The van der Waals surface area contributed by atoms with Crippen LogP contribution in [-0.4, -0.2) is 30.6 Å². The number of pyridine rings is 1. The minimum absolute atomic E-state index is 0.398. The first-order chi connectivity index (χ1) is 9.08. The van der Waals surface area contributed by atoms with Crippen molar-refractivity contribution in [3.8, 4) is 5.75 Å². The average Bonchev–Trinajstić information content (AvgIpc) is 2.36. The van der Waals surface area contributed by atoms with E-state index in [0.717, 1.165) is 25.2 Å². The van der Waals surface area contributed by atoms with Gasteiger partial charge in [0.1, 0.15) is 11.3 Å². The lowest BCUT2D eigenvalue weighted by atomic mass is 10.0. The number of hydrogen-bond acceptors (Lipinski definition) is 4. The second-order valence-corrected chi connectivity index (χ2v) is 5.11. The number of ether oxygens (including phenoxy) is 1. The van der Waals surface area contributed by atoms with Gasteiger partial charge in [-0.3, -0.25) is 9.78 Å². The highest BCUT2D eigenvalue weighted by Gasteiger charge is 2.18. The van der Waals surface area contributed by atoms with Crippen molar-refractivity contribution in [2.75, 3.05) is 19.7 Å². The minimum Gasteiger partial charge on any atom is -0.492 e. The van der Waals surface area contributed by atoms with E-state index in [1.807, 2.05) is 6.92 Å². The predicted molar refractivity (Wildman–Crippen MR) is 73.3 cm³/mol. The van der Waals surface area contributed by atoms with E-state index in [2.05, 4.69) is 10.3 Å². The van der Waals surface area contributed by atoms with Crippen LogP contribution in [0.2, 0.25) is 0 Å². The highest BCUT2D eigenvalue weighted by atomic mass is 16.5. The van der Waals surface area contributed by atoms with Crippen molar-refractivity contribution in [3.05, 3.63) is 23.0 Å². The number of nitrogens with two attached hydrogens (primary N) is 1. The van der Waals surface area contributed by atoms with Crippen LogP contribution >= 0.6 is 0 Å². The molecule has 1 amide bonds. The summed E-state index contributed by atoms with van der Waals surface area (Å²) >= 11 is 0.